The second-order valence-electron chi connectivity index (χ2n) is 17.1. The average molecular weight is 832 g/mol. The topological polar surface area (TPSA) is 16.4 Å². The number of benzene rings is 10. The quantitative estimate of drug-likeness (QED) is 0.176. The van der Waals surface area contributed by atoms with Crippen LogP contribution in [0.4, 0.5) is 17.1 Å². The summed E-state index contributed by atoms with van der Waals surface area (Å²) in [5.74, 6) is 0. The highest BCUT2D eigenvalue weighted by molar-refractivity contribution is 7.26. The number of rotatable bonds is 4. The minimum absolute atomic E-state index is 0.646. The third-order valence-corrected chi connectivity index (χ3v) is 15.1. The zero-order valence-corrected chi connectivity index (χ0v) is 35.4. The van der Waals surface area contributed by atoms with Gasteiger partial charge in [0.25, 0.3) is 0 Å². The lowest BCUT2D eigenvalue weighted by atomic mass is 9.65. The smallest absolute Gasteiger partial charge is 0.135 e. The lowest BCUT2D eigenvalue weighted by Gasteiger charge is -2.36. The first kappa shape index (κ1) is 35.6. The molecule has 1 unspecified atom stereocenters. The van der Waals surface area contributed by atoms with Gasteiger partial charge in [0.15, 0.2) is 0 Å². The predicted octanol–water partition coefficient (Wildman–Crippen LogP) is 17.1. The molecule has 2 aromatic heterocycles. The maximum atomic E-state index is 6.41. The average Bonchev–Trinajstić information content (AvgIpc) is 4.01. The Kier molecular flexibility index (Phi) is 7.51. The molecule has 10 aromatic carbocycles. The van der Waals surface area contributed by atoms with Crippen LogP contribution < -0.4 is 4.90 Å². The number of anilines is 3. The van der Waals surface area contributed by atoms with Crippen molar-refractivity contribution < 1.29 is 4.42 Å². The molecular formula is C61H37NOS. The Morgan fingerprint density at radius 2 is 0.953 bits per heavy atom. The molecule has 2 aliphatic carbocycles. The molecule has 2 heterocycles. The standard InChI is InChI=1S/C61H37NOS/c1-2-16-38(17-3-1)41-18-8-13-27-55(41)62(39-31-35-57-50(36-39)46-22-9-14-28-56(46)63-57)40-30-32-45-43-20-5-4-19-42(43)44-21-6-11-25-51(44)61(54(45)37-40)52-26-12-7-24-49(52)59-53(61)34-33-48-47-23-10-15-29-58(47)64-60(48)59/h1-37H. The van der Waals surface area contributed by atoms with Gasteiger partial charge < -0.3 is 9.32 Å². The fourth-order valence-electron chi connectivity index (χ4n) is 11.3. The third-order valence-electron chi connectivity index (χ3n) is 13.9. The van der Waals surface area contributed by atoms with E-state index in [1.807, 2.05) is 17.4 Å². The zero-order chi connectivity index (χ0) is 41.9. The summed E-state index contributed by atoms with van der Waals surface area (Å²) in [6.07, 6.45) is 0. The minimum atomic E-state index is -0.646. The number of thiophene rings is 1. The van der Waals surface area contributed by atoms with Crippen molar-refractivity contribution in [1.82, 2.24) is 0 Å². The summed E-state index contributed by atoms with van der Waals surface area (Å²) in [6, 6.07) is 83.1. The van der Waals surface area contributed by atoms with E-state index in [1.54, 1.807) is 0 Å². The van der Waals surface area contributed by atoms with Crippen molar-refractivity contribution in [3.63, 3.8) is 0 Å². The van der Waals surface area contributed by atoms with E-state index in [0.29, 0.717) is 0 Å². The van der Waals surface area contributed by atoms with Crippen LogP contribution in [0, 0.1) is 0 Å². The molecule has 0 aliphatic heterocycles. The second-order valence-corrected chi connectivity index (χ2v) is 18.1. The van der Waals surface area contributed by atoms with Crippen LogP contribution in [0.1, 0.15) is 22.3 Å². The molecule has 64 heavy (non-hydrogen) atoms. The van der Waals surface area contributed by atoms with Crippen LogP contribution in [-0.4, -0.2) is 0 Å². The number of nitrogens with zero attached hydrogens (tertiary/aromatic N) is 1. The summed E-state index contributed by atoms with van der Waals surface area (Å²) in [6.45, 7) is 0. The third kappa shape index (κ3) is 4.85. The molecule has 3 heteroatoms. The Hall–Kier alpha value is -7.98. The Morgan fingerprint density at radius 3 is 1.78 bits per heavy atom. The van der Waals surface area contributed by atoms with Crippen molar-refractivity contribution in [2.24, 2.45) is 0 Å². The molecule has 2 aliphatic rings. The van der Waals surface area contributed by atoms with Crippen molar-refractivity contribution in [2.45, 2.75) is 5.41 Å². The molecule has 1 spiro atoms. The van der Waals surface area contributed by atoms with Crippen molar-refractivity contribution in [2.75, 3.05) is 4.90 Å². The van der Waals surface area contributed by atoms with Gasteiger partial charge in [0.1, 0.15) is 11.2 Å². The van der Waals surface area contributed by atoms with Crippen LogP contribution in [-0.2, 0) is 5.41 Å². The van der Waals surface area contributed by atoms with Crippen molar-refractivity contribution in [1.29, 1.82) is 0 Å². The van der Waals surface area contributed by atoms with Crippen LogP contribution >= 0.6 is 11.3 Å². The molecule has 0 amide bonds. The first-order chi connectivity index (χ1) is 31.8. The molecule has 0 saturated carbocycles. The van der Waals surface area contributed by atoms with Crippen molar-refractivity contribution in [3.8, 4) is 44.5 Å². The van der Waals surface area contributed by atoms with Crippen LogP contribution in [0.15, 0.2) is 229 Å². The fraction of sp³-hybridized carbons (Fsp3) is 0.0164. The van der Waals surface area contributed by atoms with Gasteiger partial charge in [-0.05, 0) is 104 Å². The largest absolute Gasteiger partial charge is 0.456 e. The number of para-hydroxylation sites is 2. The molecule has 12 aromatic rings. The van der Waals surface area contributed by atoms with E-state index in [4.69, 9.17) is 4.42 Å². The van der Waals surface area contributed by atoms with E-state index in [-0.39, 0.29) is 0 Å². The lowest BCUT2D eigenvalue weighted by molar-refractivity contribution is 0.669. The second kappa shape index (κ2) is 13.5. The summed E-state index contributed by atoms with van der Waals surface area (Å²) in [5, 5.41) is 4.83. The van der Waals surface area contributed by atoms with E-state index in [1.165, 1.54) is 75.8 Å². The van der Waals surface area contributed by atoms with Gasteiger partial charge in [0.2, 0.25) is 0 Å². The van der Waals surface area contributed by atoms with E-state index in [0.717, 1.165) is 50.1 Å². The van der Waals surface area contributed by atoms with Gasteiger partial charge in [0, 0.05) is 53.4 Å². The molecule has 0 radical (unpaired) electrons. The maximum absolute atomic E-state index is 6.41. The summed E-state index contributed by atoms with van der Waals surface area (Å²) in [4.78, 5) is 2.47. The minimum Gasteiger partial charge on any atom is -0.456 e. The highest BCUT2D eigenvalue weighted by Crippen LogP contribution is 2.64. The van der Waals surface area contributed by atoms with Crippen molar-refractivity contribution >= 4 is 70.5 Å². The number of furan rings is 1. The van der Waals surface area contributed by atoms with E-state index in [2.05, 4.69) is 223 Å². The Labute approximate surface area is 374 Å². The van der Waals surface area contributed by atoms with Crippen LogP contribution in [0.25, 0.3) is 86.6 Å². The Morgan fingerprint density at radius 1 is 0.359 bits per heavy atom. The summed E-state index contributed by atoms with van der Waals surface area (Å²) < 4.78 is 9.07. The van der Waals surface area contributed by atoms with Gasteiger partial charge in [-0.2, -0.15) is 0 Å². The van der Waals surface area contributed by atoms with E-state index in [9.17, 15) is 0 Å². The molecule has 2 nitrogen and oxygen atoms in total. The highest BCUT2D eigenvalue weighted by atomic mass is 32.1. The molecule has 0 bridgehead atoms. The summed E-state index contributed by atoms with van der Waals surface area (Å²) in [5.41, 5.74) is 19.5. The molecule has 0 fully saturated rings. The summed E-state index contributed by atoms with van der Waals surface area (Å²) in [7, 11) is 0. The SMILES string of the molecule is c1ccc(-c2ccccc2N(c2ccc3c(c2)C2(c4ccccc4-c4ccccc4-3)c3ccccc3-c3c2ccc2c3sc3ccccc32)c2ccc3oc4ccccc4c3c2)cc1. The number of hydrogen-bond donors (Lipinski definition) is 0. The predicted molar refractivity (Wildman–Crippen MR) is 268 cm³/mol. The van der Waals surface area contributed by atoms with Gasteiger partial charge in [-0.1, -0.05) is 176 Å². The van der Waals surface area contributed by atoms with Gasteiger partial charge in [-0.3, -0.25) is 0 Å². The normalized spacial score (nSPS) is 14.6. The monoisotopic (exact) mass is 831 g/mol. The van der Waals surface area contributed by atoms with Gasteiger partial charge in [0.05, 0.1) is 11.1 Å². The first-order valence-corrected chi connectivity index (χ1v) is 22.8. The molecule has 0 N–H and O–H groups in total. The Bertz CT molecular complexity index is 3870. The van der Waals surface area contributed by atoms with Crippen LogP contribution in [0.2, 0.25) is 0 Å². The molecule has 0 saturated heterocycles. The van der Waals surface area contributed by atoms with Crippen LogP contribution in [0.5, 0.6) is 0 Å². The molecule has 14 rings (SSSR count). The zero-order valence-electron chi connectivity index (χ0n) is 34.6. The highest BCUT2D eigenvalue weighted by Gasteiger charge is 2.50. The van der Waals surface area contributed by atoms with Gasteiger partial charge in [-0.15, -0.1) is 11.3 Å². The molecule has 1 atom stereocenters. The lowest BCUT2D eigenvalue weighted by Crippen LogP contribution is -2.29. The van der Waals surface area contributed by atoms with Crippen molar-refractivity contribution in [3.05, 3.63) is 247 Å². The fourth-order valence-corrected chi connectivity index (χ4v) is 12.6. The molecule has 298 valence electrons. The number of fused-ring (bicyclic) bond motifs is 19. The molecular weight excluding hydrogens is 795 g/mol. The van der Waals surface area contributed by atoms with Crippen LogP contribution in [0.3, 0.4) is 0 Å². The maximum Gasteiger partial charge on any atom is 0.135 e. The number of hydrogen-bond acceptors (Lipinski definition) is 3. The van der Waals surface area contributed by atoms with Gasteiger partial charge >= 0.3 is 0 Å². The first-order valence-electron chi connectivity index (χ1n) is 22.0. The van der Waals surface area contributed by atoms with E-state index < -0.39 is 5.41 Å². The summed E-state index contributed by atoms with van der Waals surface area (Å²) >= 11 is 1.92. The van der Waals surface area contributed by atoms with E-state index >= 15 is 0 Å². The van der Waals surface area contributed by atoms with Gasteiger partial charge in [-0.25, -0.2) is 0 Å². The Balaban J connectivity index is 1.12.